The monoisotopic (exact) mass is 337 g/mol. The molecule has 6 heteroatoms. The van der Waals surface area contributed by atoms with Gasteiger partial charge in [0.2, 0.25) is 0 Å². The molecule has 0 bridgehead atoms. The first-order valence-corrected chi connectivity index (χ1v) is 9.06. The summed E-state index contributed by atoms with van der Waals surface area (Å²) in [6, 6.07) is 8.31. The normalized spacial score (nSPS) is 16.1. The van der Waals surface area contributed by atoms with Crippen molar-refractivity contribution in [1.82, 2.24) is 14.7 Å². The minimum Gasteiger partial charge on any atom is -0.305 e. The predicted molar refractivity (Wildman–Crippen MR) is 101 cm³/mol. The van der Waals surface area contributed by atoms with E-state index in [0.717, 1.165) is 53.3 Å². The van der Waals surface area contributed by atoms with Crippen molar-refractivity contribution >= 4 is 28.6 Å². The third-order valence-corrected chi connectivity index (χ3v) is 5.02. The van der Waals surface area contributed by atoms with E-state index in [2.05, 4.69) is 41.7 Å². The standard InChI is InChI=1S/C18H19N5S/c1-3-10-24-18-21-17-15(16-19-8-5-9-22(16)18)12-20-23(17)14-7-4-6-13(2)11-14/h3-4,6-7,11-12H,1,5,8-10H2,2H3. The van der Waals surface area contributed by atoms with E-state index in [1.165, 1.54) is 5.56 Å². The molecule has 0 spiro atoms. The zero-order valence-corrected chi connectivity index (χ0v) is 14.5. The topological polar surface area (TPSA) is 45.8 Å². The summed E-state index contributed by atoms with van der Waals surface area (Å²) in [7, 11) is 0. The van der Waals surface area contributed by atoms with Gasteiger partial charge in [-0.3, -0.25) is 4.99 Å². The lowest BCUT2D eigenvalue weighted by Gasteiger charge is -2.32. The predicted octanol–water partition coefficient (Wildman–Crippen LogP) is 3.55. The van der Waals surface area contributed by atoms with Crippen LogP contribution >= 0.6 is 11.8 Å². The second-order valence-corrected chi connectivity index (χ2v) is 6.82. The zero-order chi connectivity index (χ0) is 16.5. The van der Waals surface area contributed by atoms with Gasteiger partial charge in [-0.15, -0.1) is 6.58 Å². The van der Waals surface area contributed by atoms with Gasteiger partial charge < -0.3 is 4.90 Å². The van der Waals surface area contributed by atoms with Crippen LogP contribution in [-0.2, 0) is 0 Å². The molecule has 24 heavy (non-hydrogen) atoms. The van der Waals surface area contributed by atoms with Crippen molar-refractivity contribution in [3.8, 4) is 5.69 Å². The van der Waals surface area contributed by atoms with E-state index in [1.807, 2.05) is 23.0 Å². The molecule has 2 aliphatic rings. The fourth-order valence-electron chi connectivity index (χ4n) is 2.97. The number of rotatable bonds is 3. The molecule has 0 N–H and O–H groups in total. The number of fused-ring (bicyclic) bond motifs is 3. The third kappa shape index (κ3) is 2.57. The molecule has 0 amide bonds. The number of benzene rings is 1. The SMILES string of the molecule is C=CCSC1=Nc2c(cnn2-c2cccc(C)c2)C2=NCCCN12. The maximum absolute atomic E-state index is 4.91. The van der Waals surface area contributed by atoms with E-state index in [4.69, 9.17) is 9.98 Å². The van der Waals surface area contributed by atoms with Crippen LogP contribution in [0.1, 0.15) is 17.5 Å². The first-order chi connectivity index (χ1) is 11.8. The Morgan fingerprint density at radius 1 is 1.38 bits per heavy atom. The number of thioether (sulfide) groups is 1. The average Bonchev–Trinajstić information content (AvgIpc) is 3.04. The summed E-state index contributed by atoms with van der Waals surface area (Å²) in [4.78, 5) is 11.9. The molecule has 2 aromatic rings. The Morgan fingerprint density at radius 3 is 3.12 bits per heavy atom. The van der Waals surface area contributed by atoms with Gasteiger partial charge in [0.25, 0.3) is 0 Å². The Bertz CT molecular complexity index is 849. The molecule has 0 aliphatic carbocycles. The molecular weight excluding hydrogens is 318 g/mol. The fraction of sp³-hybridized carbons (Fsp3) is 0.278. The minimum absolute atomic E-state index is 0.830. The summed E-state index contributed by atoms with van der Waals surface area (Å²) < 4.78 is 1.91. The molecule has 4 rings (SSSR count). The molecule has 0 fully saturated rings. The van der Waals surface area contributed by atoms with Crippen molar-refractivity contribution in [2.45, 2.75) is 13.3 Å². The molecule has 0 saturated heterocycles. The van der Waals surface area contributed by atoms with Gasteiger partial charge in [-0.2, -0.15) is 5.10 Å². The lowest BCUT2D eigenvalue weighted by Crippen LogP contribution is -2.41. The first kappa shape index (κ1) is 15.2. The number of nitrogens with zero attached hydrogens (tertiary/aromatic N) is 5. The highest BCUT2D eigenvalue weighted by atomic mass is 32.2. The van der Waals surface area contributed by atoms with Gasteiger partial charge in [0.05, 0.1) is 17.4 Å². The highest BCUT2D eigenvalue weighted by Gasteiger charge is 2.31. The summed E-state index contributed by atoms with van der Waals surface area (Å²) in [5, 5.41) is 5.57. The van der Waals surface area contributed by atoms with Crippen LogP contribution in [0.5, 0.6) is 0 Å². The molecule has 2 aliphatic heterocycles. The van der Waals surface area contributed by atoms with Crippen molar-refractivity contribution in [2.24, 2.45) is 9.98 Å². The van der Waals surface area contributed by atoms with Crippen LogP contribution in [0.25, 0.3) is 5.69 Å². The summed E-state index contributed by atoms with van der Waals surface area (Å²) in [6.07, 6.45) is 4.84. The molecular formula is C18H19N5S. The van der Waals surface area contributed by atoms with Crippen LogP contribution in [0.3, 0.4) is 0 Å². The Balaban J connectivity index is 1.84. The van der Waals surface area contributed by atoms with Gasteiger partial charge in [-0.25, -0.2) is 9.67 Å². The molecule has 0 radical (unpaired) electrons. The maximum atomic E-state index is 4.91. The number of aryl methyl sites for hydroxylation is 1. The summed E-state index contributed by atoms with van der Waals surface area (Å²) >= 11 is 1.69. The van der Waals surface area contributed by atoms with Crippen LogP contribution in [0.15, 0.2) is 53.1 Å². The average molecular weight is 337 g/mol. The van der Waals surface area contributed by atoms with E-state index in [9.17, 15) is 0 Å². The zero-order valence-electron chi connectivity index (χ0n) is 13.6. The molecule has 0 atom stereocenters. The first-order valence-electron chi connectivity index (χ1n) is 8.08. The molecule has 3 heterocycles. The molecule has 0 unspecified atom stereocenters. The summed E-state index contributed by atoms with van der Waals surface area (Å²) in [5.41, 5.74) is 3.24. The van der Waals surface area contributed by atoms with Gasteiger partial charge in [-0.1, -0.05) is 30.0 Å². The fourth-order valence-corrected chi connectivity index (χ4v) is 3.72. The van der Waals surface area contributed by atoms with Gasteiger partial charge >= 0.3 is 0 Å². The van der Waals surface area contributed by atoms with Crippen molar-refractivity contribution < 1.29 is 0 Å². The Hall–Kier alpha value is -2.34. The molecule has 5 nitrogen and oxygen atoms in total. The van der Waals surface area contributed by atoms with E-state index in [-0.39, 0.29) is 0 Å². The van der Waals surface area contributed by atoms with Gasteiger partial charge in [0, 0.05) is 18.8 Å². The molecule has 1 aromatic carbocycles. The van der Waals surface area contributed by atoms with Crippen molar-refractivity contribution in [3.05, 3.63) is 54.2 Å². The second kappa shape index (κ2) is 6.28. The number of aliphatic imine (C=N–C) groups is 2. The van der Waals surface area contributed by atoms with Gasteiger partial charge in [-0.05, 0) is 31.0 Å². The van der Waals surface area contributed by atoms with Crippen LogP contribution in [-0.4, -0.2) is 44.5 Å². The third-order valence-electron chi connectivity index (χ3n) is 4.05. The smallest absolute Gasteiger partial charge is 0.172 e. The minimum atomic E-state index is 0.830. The van der Waals surface area contributed by atoms with E-state index in [1.54, 1.807) is 11.8 Å². The van der Waals surface area contributed by atoms with E-state index >= 15 is 0 Å². The van der Waals surface area contributed by atoms with Crippen molar-refractivity contribution in [1.29, 1.82) is 0 Å². The van der Waals surface area contributed by atoms with Crippen LogP contribution in [0, 0.1) is 6.92 Å². The van der Waals surface area contributed by atoms with E-state index in [0.29, 0.717) is 0 Å². The largest absolute Gasteiger partial charge is 0.305 e. The number of aromatic nitrogens is 2. The lowest BCUT2D eigenvalue weighted by molar-refractivity contribution is 0.554. The highest BCUT2D eigenvalue weighted by molar-refractivity contribution is 8.14. The molecule has 0 saturated carbocycles. The van der Waals surface area contributed by atoms with E-state index < -0.39 is 0 Å². The van der Waals surface area contributed by atoms with Crippen molar-refractivity contribution in [3.63, 3.8) is 0 Å². The Labute approximate surface area is 145 Å². The second-order valence-electron chi connectivity index (χ2n) is 5.84. The Morgan fingerprint density at radius 2 is 2.29 bits per heavy atom. The molecule has 122 valence electrons. The number of hydrogen-bond donors (Lipinski definition) is 0. The van der Waals surface area contributed by atoms with Crippen LogP contribution < -0.4 is 0 Å². The van der Waals surface area contributed by atoms with Crippen molar-refractivity contribution in [2.75, 3.05) is 18.8 Å². The molecule has 1 aromatic heterocycles. The van der Waals surface area contributed by atoms with Gasteiger partial charge in [0.15, 0.2) is 11.0 Å². The number of amidine groups is 2. The lowest BCUT2D eigenvalue weighted by atomic mass is 10.2. The summed E-state index contributed by atoms with van der Waals surface area (Å²) in [5.74, 6) is 2.69. The van der Waals surface area contributed by atoms with Crippen LogP contribution in [0.2, 0.25) is 0 Å². The van der Waals surface area contributed by atoms with Gasteiger partial charge in [0.1, 0.15) is 5.84 Å². The maximum Gasteiger partial charge on any atom is 0.172 e. The summed E-state index contributed by atoms with van der Waals surface area (Å²) in [6.45, 7) is 7.72. The quantitative estimate of drug-likeness (QED) is 0.805. The Kier molecular flexibility index (Phi) is 3.98. The highest BCUT2D eigenvalue weighted by Crippen LogP contribution is 2.33. The number of hydrogen-bond acceptors (Lipinski definition) is 5. The van der Waals surface area contributed by atoms with Crippen LogP contribution in [0.4, 0.5) is 5.82 Å².